The van der Waals surface area contributed by atoms with Gasteiger partial charge in [-0.05, 0) is 37.3 Å². The lowest BCUT2D eigenvalue weighted by Crippen LogP contribution is -2.07. The molecule has 7 nitrogen and oxygen atoms in total. The summed E-state index contributed by atoms with van der Waals surface area (Å²) in [4.78, 5) is 20.0. The number of carbonyl (C=O) groups is 1. The number of benzene rings is 1. The molecule has 7 heteroatoms. The lowest BCUT2D eigenvalue weighted by Gasteiger charge is -2.10. The lowest BCUT2D eigenvalue weighted by molar-refractivity contribution is -0.114. The van der Waals surface area contributed by atoms with Gasteiger partial charge in [-0.3, -0.25) is 4.79 Å². The van der Waals surface area contributed by atoms with Gasteiger partial charge in [-0.15, -0.1) is 0 Å². The Morgan fingerprint density at radius 3 is 2.72 bits per heavy atom. The zero-order valence-electron chi connectivity index (χ0n) is 14.0. The monoisotopic (exact) mass is 337 g/mol. The van der Waals surface area contributed by atoms with Gasteiger partial charge in [0.15, 0.2) is 0 Å². The molecule has 0 aliphatic heterocycles. The van der Waals surface area contributed by atoms with Crippen LogP contribution in [-0.2, 0) is 11.3 Å². The number of hydrogen-bond donors (Lipinski definition) is 3. The van der Waals surface area contributed by atoms with Gasteiger partial charge in [0.1, 0.15) is 11.6 Å². The van der Waals surface area contributed by atoms with Crippen LogP contribution in [-0.4, -0.2) is 15.9 Å². The second-order valence-corrected chi connectivity index (χ2v) is 5.54. The Kier molecular flexibility index (Phi) is 4.94. The van der Waals surface area contributed by atoms with Crippen LogP contribution >= 0.6 is 0 Å². The van der Waals surface area contributed by atoms with Crippen LogP contribution in [0.5, 0.6) is 0 Å². The van der Waals surface area contributed by atoms with Crippen molar-refractivity contribution in [2.45, 2.75) is 20.4 Å². The second-order valence-electron chi connectivity index (χ2n) is 5.54. The Labute approximate surface area is 145 Å². The van der Waals surface area contributed by atoms with Crippen LogP contribution in [0.2, 0.25) is 0 Å². The van der Waals surface area contributed by atoms with E-state index in [0.29, 0.717) is 24.0 Å². The summed E-state index contributed by atoms with van der Waals surface area (Å²) < 4.78 is 5.30. The maximum atomic E-state index is 11.2. The minimum atomic E-state index is -0.117. The predicted octanol–water partition coefficient (Wildman–Crippen LogP) is 3.69. The number of carbonyl (C=O) groups excluding carboxylic acids is 1. The number of aryl methyl sites for hydroxylation is 1. The molecule has 0 aliphatic rings. The van der Waals surface area contributed by atoms with E-state index in [9.17, 15) is 4.79 Å². The molecule has 2 heterocycles. The Hall–Kier alpha value is -3.35. The molecule has 3 rings (SSSR count). The summed E-state index contributed by atoms with van der Waals surface area (Å²) in [5.74, 6) is 1.88. The van der Waals surface area contributed by atoms with Crippen molar-refractivity contribution >= 4 is 29.0 Å². The van der Waals surface area contributed by atoms with E-state index >= 15 is 0 Å². The van der Waals surface area contributed by atoms with Gasteiger partial charge in [0, 0.05) is 30.1 Å². The van der Waals surface area contributed by atoms with Gasteiger partial charge >= 0.3 is 0 Å². The average molecular weight is 337 g/mol. The standard InChI is InChI=1S/C18H19N5O2/c1-12-9-17(19-11-16-7-4-8-25-16)23-18(20-12)22-15-6-3-5-14(10-15)21-13(2)24/h3-10H,11H2,1-2H3,(H,21,24)(H2,19,20,22,23). The molecule has 0 unspecified atom stereocenters. The minimum Gasteiger partial charge on any atom is -0.467 e. The van der Waals surface area contributed by atoms with Crippen LogP contribution < -0.4 is 16.0 Å². The first-order valence-corrected chi connectivity index (χ1v) is 7.85. The first-order valence-electron chi connectivity index (χ1n) is 7.85. The van der Waals surface area contributed by atoms with E-state index < -0.39 is 0 Å². The smallest absolute Gasteiger partial charge is 0.229 e. The summed E-state index contributed by atoms with van der Waals surface area (Å²) in [7, 11) is 0. The van der Waals surface area contributed by atoms with Gasteiger partial charge in [-0.2, -0.15) is 4.98 Å². The maximum absolute atomic E-state index is 11.2. The third kappa shape index (κ3) is 4.81. The van der Waals surface area contributed by atoms with E-state index in [1.165, 1.54) is 6.92 Å². The molecule has 1 amide bonds. The van der Waals surface area contributed by atoms with Crippen molar-refractivity contribution in [3.8, 4) is 0 Å². The number of nitrogens with zero attached hydrogens (tertiary/aromatic N) is 2. The molecule has 0 radical (unpaired) electrons. The number of furan rings is 1. The van der Waals surface area contributed by atoms with Gasteiger partial charge in [-0.1, -0.05) is 6.07 Å². The lowest BCUT2D eigenvalue weighted by atomic mass is 10.2. The largest absolute Gasteiger partial charge is 0.467 e. The van der Waals surface area contributed by atoms with E-state index in [0.717, 1.165) is 17.1 Å². The third-order valence-corrected chi connectivity index (χ3v) is 3.32. The van der Waals surface area contributed by atoms with Crippen molar-refractivity contribution in [2.24, 2.45) is 0 Å². The van der Waals surface area contributed by atoms with Crippen LogP contribution in [0, 0.1) is 6.92 Å². The van der Waals surface area contributed by atoms with Crippen molar-refractivity contribution in [1.29, 1.82) is 0 Å². The molecule has 0 atom stereocenters. The van der Waals surface area contributed by atoms with Crippen molar-refractivity contribution in [2.75, 3.05) is 16.0 Å². The number of hydrogen-bond acceptors (Lipinski definition) is 6. The first-order chi connectivity index (χ1) is 12.1. The van der Waals surface area contributed by atoms with Gasteiger partial charge in [0.2, 0.25) is 11.9 Å². The summed E-state index contributed by atoms with van der Waals surface area (Å²) in [6.45, 7) is 3.92. The minimum absolute atomic E-state index is 0.117. The summed E-state index contributed by atoms with van der Waals surface area (Å²) in [6.07, 6.45) is 1.64. The maximum Gasteiger partial charge on any atom is 0.229 e. The van der Waals surface area contributed by atoms with Crippen molar-refractivity contribution < 1.29 is 9.21 Å². The number of rotatable bonds is 6. The Morgan fingerprint density at radius 1 is 1.12 bits per heavy atom. The fourth-order valence-electron chi connectivity index (χ4n) is 2.31. The SMILES string of the molecule is CC(=O)Nc1cccc(Nc2nc(C)cc(NCc3ccco3)n2)c1. The summed E-state index contributed by atoms with van der Waals surface area (Å²) in [5, 5.41) is 9.11. The first kappa shape index (κ1) is 16.5. The molecular formula is C18H19N5O2. The summed E-state index contributed by atoms with van der Waals surface area (Å²) >= 11 is 0. The second kappa shape index (κ2) is 7.48. The van der Waals surface area contributed by atoms with Gasteiger partial charge in [0.05, 0.1) is 12.8 Å². The number of anilines is 4. The summed E-state index contributed by atoms with van der Waals surface area (Å²) in [5.41, 5.74) is 2.33. The fraction of sp³-hybridized carbons (Fsp3) is 0.167. The molecular weight excluding hydrogens is 318 g/mol. The zero-order chi connectivity index (χ0) is 17.6. The molecule has 3 N–H and O–H groups in total. The van der Waals surface area contributed by atoms with E-state index in [-0.39, 0.29) is 5.91 Å². The van der Waals surface area contributed by atoms with Gasteiger partial charge < -0.3 is 20.4 Å². The topological polar surface area (TPSA) is 92.1 Å². The Morgan fingerprint density at radius 2 is 1.96 bits per heavy atom. The van der Waals surface area contributed by atoms with Crippen LogP contribution in [0.25, 0.3) is 0 Å². The van der Waals surface area contributed by atoms with Crippen molar-refractivity contribution in [3.63, 3.8) is 0 Å². The van der Waals surface area contributed by atoms with E-state index in [1.807, 2.05) is 49.4 Å². The molecule has 0 fully saturated rings. The molecule has 25 heavy (non-hydrogen) atoms. The van der Waals surface area contributed by atoms with Crippen molar-refractivity contribution in [1.82, 2.24) is 9.97 Å². The zero-order valence-corrected chi connectivity index (χ0v) is 14.0. The number of nitrogens with one attached hydrogen (secondary N) is 3. The molecule has 3 aromatic rings. The average Bonchev–Trinajstić information content (AvgIpc) is 3.05. The Bertz CT molecular complexity index is 862. The van der Waals surface area contributed by atoms with Gasteiger partial charge in [-0.25, -0.2) is 4.98 Å². The molecule has 0 saturated heterocycles. The highest BCUT2D eigenvalue weighted by molar-refractivity contribution is 5.89. The molecule has 1 aromatic carbocycles. The molecule has 0 bridgehead atoms. The van der Waals surface area contributed by atoms with E-state index in [1.54, 1.807) is 6.26 Å². The van der Waals surface area contributed by atoms with E-state index in [4.69, 9.17) is 4.42 Å². The highest BCUT2D eigenvalue weighted by Crippen LogP contribution is 2.19. The summed E-state index contributed by atoms with van der Waals surface area (Å²) in [6, 6.07) is 13.0. The molecule has 2 aromatic heterocycles. The molecule has 0 spiro atoms. The van der Waals surface area contributed by atoms with Crippen molar-refractivity contribution in [3.05, 3.63) is 60.2 Å². The predicted molar refractivity (Wildman–Crippen MR) is 96.8 cm³/mol. The number of amides is 1. The molecule has 0 aliphatic carbocycles. The highest BCUT2D eigenvalue weighted by Gasteiger charge is 2.05. The van der Waals surface area contributed by atoms with Crippen LogP contribution in [0.3, 0.4) is 0 Å². The normalized spacial score (nSPS) is 10.3. The highest BCUT2D eigenvalue weighted by atomic mass is 16.3. The molecule has 128 valence electrons. The molecule has 0 saturated carbocycles. The number of aromatic nitrogens is 2. The quantitative estimate of drug-likeness (QED) is 0.635. The van der Waals surface area contributed by atoms with Crippen LogP contribution in [0.4, 0.5) is 23.1 Å². The van der Waals surface area contributed by atoms with Crippen LogP contribution in [0.15, 0.2) is 53.1 Å². The van der Waals surface area contributed by atoms with Gasteiger partial charge in [0.25, 0.3) is 0 Å². The third-order valence-electron chi connectivity index (χ3n) is 3.32. The fourth-order valence-corrected chi connectivity index (χ4v) is 2.31. The van der Waals surface area contributed by atoms with E-state index in [2.05, 4.69) is 25.9 Å². The Balaban J connectivity index is 1.72. The van der Waals surface area contributed by atoms with Crippen LogP contribution in [0.1, 0.15) is 18.4 Å².